The molecule has 3 nitrogen and oxygen atoms in total. The van der Waals surface area contributed by atoms with Crippen LogP contribution in [0.4, 0.5) is 0 Å². The molecule has 1 aliphatic rings. The van der Waals surface area contributed by atoms with Gasteiger partial charge in [0.25, 0.3) is 0 Å². The van der Waals surface area contributed by atoms with Gasteiger partial charge in [-0.15, -0.1) is 0 Å². The second-order valence-corrected chi connectivity index (χ2v) is 6.12. The number of aliphatic hydroxyl groups excluding tert-OH is 1. The zero-order valence-corrected chi connectivity index (χ0v) is 13.1. The summed E-state index contributed by atoms with van der Waals surface area (Å²) in [6, 6.07) is 8.56. The van der Waals surface area contributed by atoms with Crippen molar-refractivity contribution in [3.8, 4) is 5.75 Å². The Kier molecular flexibility index (Phi) is 4.71. The van der Waals surface area contributed by atoms with Crippen LogP contribution in [0.5, 0.6) is 5.75 Å². The molecule has 1 aliphatic carbocycles. The molecule has 20 heavy (non-hydrogen) atoms. The van der Waals surface area contributed by atoms with Crippen LogP contribution < -0.4 is 4.74 Å². The predicted octanol–water partition coefficient (Wildman–Crippen LogP) is 2.82. The normalized spacial score (nSPS) is 20.3. The van der Waals surface area contributed by atoms with Crippen LogP contribution in [0.15, 0.2) is 24.3 Å². The molecular formula is C17H27NO2. The van der Waals surface area contributed by atoms with E-state index in [1.165, 1.54) is 12.0 Å². The summed E-state index contributed by atoms with van der Waals surface area (Å²) in [4.78, 5) is 2.19. The topological polar surface area (TPSA) is 32.7 Å². The molecule has 2 atom stereocenters. The minimum Gasteiger partial charge on any atom is -0.497 e. The molecule has 0 aromatic heterocycles. The highest BCUT2D eigenvalue weighted by atomic mass is 16.5. The maximum Gasteiger partial charge on any atom is 0.118 e. The summed E-state index contributed by atoms with van der Waals surface area (Å²) in [6.45, 7) is 2.06. The first-order valence-corrected chi connectivity index (χ1v) is 7.54. The number of rotatable bonds is 6. The van der Waals surface area contributed by atoms with Crippen LogP contribution in [-0.4, -0.2) is 43.4 Å². The van der Waals surface area contributed by atoms with E-state index in [0.717, 1.165) is 25.0 Å². The van der Waals surface area contributed by atoms with Crippen LogP contribution in [0.25, 0.3) is 0 Å². The lowest BCUT2D eigenvalue weighted by molar-refractivity contribution is -0.00764. The molecule has 1 aromatic carbocycles. The van der Waals surface area contributed by atoms with Crippen molar-refractivity contribution in [2.45, 2.75) is 50.2 Å². The van der Waals surface area contributed by atoms with Crippen molar-refractivity contribution in [1.82, 2.24) is 4.90 Å². The first-order chi connectivity index (χ1) is 9.55. The molecule has 1 N–H and O–H groups in total. The molecule has 0 amide bonds. The number of hydrogen-bond acceptors (Lipinski definition) is 3. The molecule has 1 saturated carbocycles. The average molecular weight is 277 g/mol. The Balaban J connectivity index is 2.35. The summed E-state index contributed by atoms with van der Waals surface area (Å²) >= 11 is 0. The van der Waals surface area contributed by atoms with E-state index in [1.807, 2.05) is 12.1 Å². The van der Waals surface area contributed by atoms with Crippen molar-refractivity contribution in [1.29, 1.82) is 0 Å². The molecule has 0 radical (unpaired) electrons. The standard InChI is InChI=1S/C17H27NO2/c1-5-15(19)16(18(2)3)17(11-6-12-17)13-7-9-14(20-4)10-8-13/h7-10,15-16,19H,5-6,11-12H2,1-4H3. The summed E-state index contributed by atoms with van der Waals surface area (Å²) in [5, 5.41) is 10.5. The third-order valence-corrected chi connectivity index (χ3v) is 4.82. The van der Waals surface area contributed by atoms with Crippen molar-refractivity contribution in [3.05, 3.63) is 29.8 Å². The van der Waals surface area contributed by atoms with Crippen molar-refractivity contribution < 1.29 is 9.84 Å². The van der Waals surface area contributed by atoms with Gasteiger partial charge in [-0.25, -0.2) is 0 Å². The van der Waals surface area contributed by atoms with E-state index in [4.69, 9.17) is 4.74 Å². The van der Waals surface area contributed by atoms with E-state index in [9.17, 15) is 5.11 Å². The molecular weight excluding hydrogens is 250 g/mol. The second kappa shape index (κ2) is 6.15. The van der Waals surface area contributed by atoms with Gasteiger partial charge in [0.1, 0.15) is 5.75 Å². The molecule has 112 valence electrons. The number of nitrogens with zero attached hydrogens (tertiary/aromatic N) is 1. The molecule has 0 aliphatic heterocycles. The van der Waals surface area contributed by atoms with E-state index < -0.39 is 0 Å². The highest BCUT2D eigenvalue weighted by molar-refractivity contribution is 5.36. The molecule has 0 saturated heterocycles. The smallest absolute Gasteiger partial charge is 0.118 e. The Morgan fingerprint density at radius 2 is 1.85 bits per heavy atom. The number of likely N-dealkylation sites (N-methyl/N-ethyl adjacent to an activating group) is 1. The number of benzene rings is 1. The van der Waals surface area contributed by atoms with Crippen LogP contribution in [0, 0.1) is 0 Å². The van der Waals surface area contributed by atoms with Gasteiger partial charge in [0.05, 0.1) is 13.2 Å². The Morgan fingerprint density at radius 3 is 2.20 bits per heavy atom. The molecule has 2 rings (SSSR count). The highest BCUT2D eigenvalue weighted by Gasteiger charge is 2.48. The van der Waals surface area contributed by atoms with Crippen molar-refractivity contribution in [3.63, 3.8) is 0 Å². The quantitative estimate of drug-likeness (QED) is 0.868. The van der Waals surface area contributed by atoms with E-state index >= 15 is 0 Å². The molecule has 1 fully saturated rings. The maximum absolute atomic E-state index is 10.5. The molecule has 1 aromatic rings. The molecule has 0 spiro atoms. The molecule has 0 bridgehead atoms. The molecule has 0 heterocycles. The fourth-order valence-corrected chi connectivity index (χ4v) is 3.67. The summed E-state index contributed by atoms with van der Waals surface area (Å²) in [6.07, 6.45) is 4.05. The lowest BCUT2D eigenvalue weighted by Crippen LogP contribution is -2.57. The second-order valence-electron chi connectivity index (χ2n) is 6.12. The third kappa shape index (κ3) is 2.57. The highest BCUT2D eigenvalue weighted by Crippen LogP contribution is 2.49. The van der Waals surface area contributed by atoms with Gasteiger partial charge in [-0.2, -0.15) is 0 Å². The minimum absolute atomic E-state index is 0.0885. The van der Waals surface area contributed by atoms with Crippen LogP contribution in [0.1, 0.15) is 38.2 Å². The number of methoxy groups -OCH3 is 1. The zero-order valence-electron chi connectivity index (χ0n) is 13.1. The predicted molar refractivity (Wildman–Crippen MR) is 82.3 cm³/mol. The molecule has 2 unspecified atom stereocenters. The van der Waals surface area contributed by atoms with Gasteiger partial charge in [-0.1, -0.05) is 25.5 Å². The zero-order chi connectivity index (χ0) is 14.8. The fraction of sp³-hybridized carbons (Fsp3) is 0.647. The number of hydrogen-bond donors (Lipinski definition) is 1. The largest absolute Gasteiger partial charge is 0.497 e. The average Bonchev–Trinajstić information content (AvgIpc) is 2.41. The van der Waals surface area contributed by atoms with E-state index in [2.05, 4.69) is 38.1 Å². The summed E-state index contributed by atoms with van der Waals surface area (Å²) in [5.74, 6) is 0.890. The Hall–Kier alpha value is -1.06. The summed E-state index contributed by atoms with van der Waals surface area (Å²) in [7, 11) is 5.85. The summed E-state index contributed by atoms with van der Waals surface area (Å²) < 4.78 is 5.25. The Bertz CT molecular complexity index is 423. The van der Waals surface area contributed by atoms with Crippen molar-refractivity contribution >= 4 is 0 Å². The van der Waals surface area contributed by atoms with Gasteiger partial charge < -0.3 is 14.7 Å². The molecule has 3 heteroatoms. The SMILES string of the molecule is CCC(O)C(N(C)C)C1(c2ccc(OC)cc2)CCC1. The Morgan fingerprint density at radius 1 is 1.25 bits per heavy atom. The fourth-order valence-electron chi connectivity index (χ4n) is 3.67. The number of ether oxygens (including phenoxy) is 1. The van der Waals surface area contributed by atoms with E-state index in [1.54, 1.807) is 7.11 Å². The Labute approximate surface area is 122 Å². The first kappa shape index (κ1) is 15.3. The van der Waals surface area contributed by atoms with Gasteiger partial charge in [-0.3, -0.25) is 0 Å². The van der Waals surface area contributed by atoms with Gasteiger partial charge in [-0.05, 0) is 51.1 Å². The number of aliphatic hydroxyl groups is 1. The van der Waals surface area contributed by atoms with E-state index in [-0.39, 0.29) is 17.6 Å². The lowest BCUT2D eigenvalue weighted by atomic mass is 9.58. The van der Waals surface area contributed by atoms with Crippen molar-refractivity contribution in [2.75, 3.05) is 21.2 Å². The third-order valence-electron chi connectivity index (χ3n) is 4.82. The van der Waals surface area contributed by atoms with Gasteiger partial charge in [0.15, 0.2) is 0 Å². The monoisotopic (exact) mass is 277 g/mol. The van der Waals surface area contributed by atoms with Crippen molar-refractivity contribution in [2.24, 2.45) is 0 Å². The first-order valence-electron chi connectivity index (χ1n) is 7.54. The summed E-state index contributed by atoms with van der Waals surface area (Å²) in [5.41, 5.74) is 1.42. The van der Waals surface area contributed by atoms with Crippen LogP contribution in [-0.2, 0) is 5.41 Å². The van der Waals surface area contributed by atoms with Gasteiger partial charge >= 0.3 is 0 Å². The maximum atomic E-state index is 10.5. The van der Waals surface area contributed by atoms with E-state index in [0.29, 0.717) is 0 Å². The van der Waals surface area contributed by atoms with Gasteiger partial charge in [0.2, 0.25) is 0 Å². The van der Waals surface area contributed by atoms with Crippen LogP contribution in [0.2, 0.25) is 0 Å². The van der Waals surface area contributed by atoms with Crippen LogP contribution in [0.3, 0.4) is 0 Å². The van der Waals surface area contributed by atoms with Crippen LogP contribution >= 0.6 is 0 Å². The van der Waals surface area contributed by atoms with Gasteiger partial charge in [0, 0.05) is 11.5 Å². The minimum atomic E-state index is -0.285. The lowest BCUT2D eigenvalue weighted by Gasteiger charge is -2.52.